The number of carbonyl (C=O) groups excluding carboxylic acids is 1. The molecule has 0 N–H and O–H groups in total. The SMILES string of the molecule is CCCCCCCCCCCCCCCC(F)(CCCCCC)C(=O)[O-]. The van der Waals surface area contributed by atoms with E-state index in [4.69, 9.17) is 0 Å². The van der Waals surface area contributed by atoms with Crippen LogP contribution in [0.4, 0.5) is 4.39 Å². The summed E-state index contributed by atoms with van der Waals surface area (Å²) >= 11 is 0. The molecule has 1 unspecified atom stereocenters. The zero-order chi connectivity index (χ0) is 19.5. The predicted octanol–water partition coefficient (Wildman–Crippen LogP) is 6.90. The number of aliphatic carboxylic acids is 1. The smallest absolute Gasteiger partial charge is 0.150 e. The molecule has 0 saturated heterocycles. The Hall–Kier alpha value is -0.600. The Labute approximate surface area is 162 Å². The van der Waals surface area contributed by atoms with Gasteiger partial charge in [-0.25, -0.2) is 4.39 Å². The van der Waals surface area contributed by atoms with Gasteiger partial charge in [0.2, 0.25) is 0 Å². The number of halogens is 1. The van der Waals surface area contributed by atoms with E-state index in [1.165, 1.54) is 64.2 Å². The van der Waals surface area contributed by atoms with E-state index in [1.807, 2.05) is 0 Å². The van der Waals surface area contributed by atoms with E-state index in [-0.39, 0.29) is 12.8 Å². The molecule has 3 heteroatoms. The van der Waals surface area contributed by atoms with E-state index in [0.717, 1.165) is 32.1 Å². The molecule has 0 bridgehead atoms. The van der Waals surface area contributed by atoms with E-state index in [1.54, 1.807) is 0 Å². The van der Waals surface area contributed by atoms with Crippen molar-refractivity contribution >= 4 is 5.97 Å². The van der Waals surface area contributed by atoms with Crippen molar-refractivity contribution in [3.63, 3.8) is 0 Å². The van der Waals surface area contributed by atoms with Gasteiger partial charge in [-0.2, -0.15) is 0 Å². The molecule has 0 aliphatic heterocycles. The Morgan fingerprint density at radius 3 is 1.19 bits per heavy atom. The minimum absolute atomic E-state index is 0.119. The Kier molecular flexibility index (Phi) is 17.4. The van der Waals surface area contributed by atoms with Gasteiger partial charge in [0.25, 0.3) is 0 Å². The van der Waals surface area contributed by atoms with Crippen molar-refractivity contribution in [3.8, 4) is 0 Å². The second kappa shape index (κ2) is 17.8. The molecule has 156 valence electrons. The van der Waals surface area contributed by atoms with Crippen LogP contribution in [0.5, 0.6) is 0 Å². The molecule has 0 spiro atoms. The van der Waals surface area contributed by atoms with Gasteiger partial charge in [-0.05, 0) is 25.7 Å². The van der Waals surface area contributed by atoms with Crippen LogP contribution in [0.1, 0.15) is 136 Å². The van der Waals surface area contributed by atoms with Crippen LogP contribution in [0.25, 0.3) is 0 Å². The summed E-state index contributed by atoms with van der Waals surface area (Å²) in [5.74, 6) is -1.51. The molecule has 2 nitrogen and oxygen atoms in total. The van der Waals surface area contributed by atoms with Crippen LogP contribution >= 0.6 is 0 Å². The number of hydrogen-bond donors (Lipinski definition) is 0. The van der Waals surface area contributed by atoms with Gasteiger partial charge in [0.15, 0.2) is 0 Å². The molecule has 0 aliphatic rings. The minimum Gasteiger partial charge on any atom is -0.547 e. The first-order chi connectivity index (χ1) is 12.6. The van der Waals surface area contributed by atoms with Crippen LogP contribution in [-0.2, 0) is 4.79 Å². The summed E-state index contributed by atoms with van der Waals surface area (Å²) in [6.45, 7) is 4.34. The lowest BCUT2D eigenvalue weighted by molar-refractivity contribution is -0.320. The van der Waals surface area contributed by atoms with Crippen molar-refractivity contribution in [1.82, 2.24) is 0 Å². The van der Waals surface area contributed by atoms with Gasteiger partial charge >= 0.3 is 0 Å². The van der Waals surface area contributed by atoms with Crippen LogP contribution in [0, 0.1) is 0 Å². The molecule has 0 amide bonds. The molecule has 0 aliphatic carbocycles. The number of carboxylic acids is 1. The summed E-state index contributed by atoms with van der Waals surface area (Å²) in [5.41, 5.74) is -2.11. The molecule has 0 rings (SSSR count). The molecule has 26 heavy (non-hydrogen) atoms. The van der Waals surface area contributed by atoms with Crippen molar-refractivity contribution < 1.29 is 14.3 Å². The molecule has 0 heterocycles. The Balaban J connectivity index is 3.54. The summed E-state index contributed by atoms with van der Waals surface area (Å²) in [4.78, 5) is 11.1. The highest BCUT2D eigenvalue weighted by molar-refractivity contribution is 5.74. The first-order valence-electron chi connectivity index (χ1n) is 11.5. The van der Waals surface area contributed by atoms with Gasteiger partial charge in [-0.3, -0.25) is 0 Å². The average molecular weight is 372 g/mol. The maximum Gasteiger partial charge on any atom is 0.150 e. The monoisotopic (exact) mass is 371 g/mol. The molecule has 0 aromatic rings. The van der Waals surface area contributed by atoms with Gasteiger partial charge < -0.3 is 9.90 Å². The van der Waals surface area contributed by atoms with E-state index in [2.05, 4.69) is 13.8 Å². The zero-order valence-corrected chi connectivity index (χ0v) is 17.6. The van der Waals surface area contributed by atoms with Crippen molar-refractivity contribution in [2.75, 3.05) is 0 Å². The largest absolute Gasteiger partial charge is 0.547 e. The Morgan fingerprint density at radius 2 is 0.885 bits per heavy atom. The van der Waals surface area contributed by atoms with Crippen LogP contribution < -0.4 is 5.11 Å². The fraction of sp³-hybridized carbons (Fsp3) is 0.957. The molecular formula is C23H44FO2-. The zero-order valence-electron chi connectivity index (χ0n) is 17.6. The van der Waals surface area contributed by atoms with Crippen molar-refractivity contribution in [2.24, 2.45) is 0 Å². The number of carbonyl (C=O) groups is 1. The summed E-state index contributed by atoms with van der Waals surface area (Å²) in [5, 5.41) is 11.1. The first kappa shape index (κ1) is 25.4. The van der Waals surface area contributed by atoms with E-state index >= 15 is 0 Å². The third-order valence-corrected chi connectivity index (χ3v) is 5.47. The second-order valence-electron chi connectivity index (χ2n) is 8.06. The van der Waals surface area contributed by atoms with E-state index in [9.17, 15) is 14.3 Å². The number of alkyl halides is 1. The fourth-order valence-corrected chi connectivity index (χ4v) is 3.58. The summed E-state index contributed by atoms with van der Waals surface area (Å²) in [7, 11) is 0. The molecule has 0 aromatic carbocycles. The van der Waals surface area contributed by atoms with Crippen molar-refractivity contribution in [2.45, 2.75) is 142 Å². The number of unbranched alkanes of at least 4 members (excludes halogenated alkanes) is 15. The topological polar surface area (TPSA) is 40.1 Å². The molecule has 0 radical (unpaired) electrons. The lowest BCUT2D eigenvalue weighted by atomic mass is 9.91. The standard InChI is InChI=1S/C23H45FO2/c1-3-5-7-9-10-11-12-13-14-15-16-17-19-21-23(24,22(25)26)20-18-8-6-4-2/h3-21H2,1-2H3,(H,25,26)/p-1. The fourth-order valence-electron chi connectivity index (χ4n) is 3.58. The predicted molar refractivity (Wildman–Crippen MR) is 108 cm³/mol. The first-order valence-corrected chi connectivity index (χ1v) is 11.5. The number of rotatable bonds is 20. The number of hydrogen-bond acceptors (Lipinski definition) is 2. The third kappa shape index (κ3) is 14.6. The van der Waals surface area contributed by atoms with Gasteiger partial charge in [0.05, 0.1) is 5.97 Å². The maximum absolute atomic E-state index is 14.5. The highest BCUT2D eigenvalue weighted by atomic mass is 19.1. The van der Waals surface area contributed by atoms with E-state index in [0.29, 0.717) is 12.8 Å². The van der Waals surface area contributed by atoms with E-state index < -0.39 is 11.6 Å². The molecule has 1 atom stereocenters. The molecule has 0 aromatic heterocycles. The van der Waals surface area contributed by atoms with Gasteiger partial charge in [-0.1, -0.05) is 110 Å². The van der Waals surface area contributed by atoms with Crippen LogP contribution in [-0.4, -0.2) is 11.6 Å². The lowest BCUT2D eigenvalue weighted by Crippen LogP contribution is -2.44. The number of carboxylic acid groups (broad SMARTS) is 1. The minimum atomic E-state index is -2.11. The highest BCUT2D eigenvalue weighted by Gasteiger charge is 2.30. The maximum atomic E-state index is 14.5. The van der Waals surface area contributed by atoms with Gasteiger partial charge in [0, 0.05) is 0 Å². The second-order valence-corrected chi connectivity index (χ2v) is 8.06. The highest BCUT2D eigenvalue weighted by Crippen LogP contribution is 2.27. The van der Waals surface area contributed by atoms with Gasteiger partial charge in [-0.15, -0.1) is 0 Å². The summed E-state index contributed by atoms with van der Waals surface area (Å²) < 4.78 is 14.5. The van der Waals surface area contributed by atoms with Gasteiger partial charge in [0.1, 0.15) is 5.67 Å². The van der Waals surface area contributed by atoms with Crippen LogP contribution in [0.3, 0.4) is 0 Å². The lowest BCUT2D eigenvalue weighted by Gasteiger charge is -2.26. The molecule has 0 fully saturated rings. The van der Waals surface area contributed by atoms with Crippen LogP contribution in [0.15, 0.2) is 0 Å². The van der Waals surface area contributed by atoms with Crippen molar-refractivity contribution in [1.29, 1.82) is 0 Å². The summed E-state index contributed by atoms with van der Waals surface area (Å²) in [6.07, 6.45) is 19.9. The average Bonchev–Trinajstić information content (AvgIpc) is 2.62. The third-order valence-electron chi connectivity index (χ3n) is 5.47. The van der Waals surface area contributed by atoms with Crippen molar-refractivity contribution in [3.05, 3.63) is 0 Å². The Morgan fingerprint density at radius 1 is 0.615 bits per heavy atom. The summed E-state index contributed by atoms with van der Waals surface area (Å²) in [6, 6.07) is 0. The Bertz CT molecular complexity index is 319. The molecular weight excluding hydrogens is 327 g/mol. The molecule has 0 saturated carbocycles. The normalized spacial score (nSPS) is 13.7. The quantitative estimate of drug-likeness (QED) is 0.218. The van der Waals surface area contributed by atoms with Crippen LogP contribution in [0.2, 0.25) is 0 Å².